The Kier molecular flexibility index (Phi) is 5.45. The predicted octanol–water partition coefficient (Wildman–Crippen LogP) is 4.27. The van der Waals surface area contributed by atoms with Gasteiger partial charge in [0.1, 0.15) is 0 Å². The molecule has 1 aliphatic heterocycles. The first-order valence-electron chi connectivity index (χ1n) is 9.30. The van der Waals surface area contributed by atoms with Crippen molar-refractivity contribution in [2.45, 2.75) is 24.3 Å². The molecule has 0 aliphatic carbocycles. The van der Waals surface area contributed by atoms with Gasteiger partial charge in [-0.1, -0.05) is 60.3 Å². The number of morpholine rings is 1. The minimum Gasteiger partial charge on any atom is -0.378 e. The molecule has 1 unspecified atom stereocenters. The number of aryl methyl sites for hydroxylation is 1. The van der Waals surface area contributed by atoms with E-state index >= 15 is 0 Å². The van der Waals surface area contributed by atoms with Crippen LogP contribution in [0.5, 0.6) is 0 Å². The van der Waals surface area contributed by atoms with E-state index in [1.54, 1.807) is 11.8 Å². The summed E-state index contributed by atoms with van der Waals surface area (Å²) in [5, 5.41) is 10.3. The zero-order chi connectivity index (χ0) is 18.6. The first kappa shape index (κ1) is 18.1. The van der Waals surface area contributed by atoms with Crippen molar-refractivity contribution in [3.05, 3.63) is 65.7 Å². The van der Waals surface area contributed by atoms with Crippen molar-refractivity contribution >= 4 is 17.7 Å². The van der Waals surface area contributed by atoms with Crippen molar-refractivity contribution < 1.29 is 4.74 Å². The SMILES string of the molecule is Cc1ccccc1-n1c(SC(C)c2ccccc2)nnc1N1CCOCC1. The Morgan fingerprint density at radius 2 is 1.67 bits per heavy atom. The Balaban J connectivity index is 1.73. The van der Waals surface area contributed by atoms with Crippen LogP contribution in [0.4, 0.5) is 5.95 Å². The maximum atomic E-state index is 5.52. The minimum absolute atomic E-state index is 0.288. The summed E-state index contributed by atoms with van der Waals surface area (Å²) in [7, 11) is 0. The minimum atomic E-state index is 0.288. The molecule has 3 aromatic rings. The highest BCUT2D eigenvalue weighted by molar-refractivity contribution is 7.99. The molecule has 140 valence electrons. The first-order valence-corrected chi connectivity index (χ1v) is 10.2. The number of benzene rings is 2. The largest absolute Gasteiger partial charge is 0.378 e. The molecule has 5 nitrogen and oxygen atoms in total. The Hall–Kier alpha value is -2.31. The number of hydrogen-bond acceptors (Lipinski definition) is 5. The molecule has 27 heavy (non-hydrogen) atoms. The number of para-hydroxylation sites is 1. The third kappa shape index (κ3) is 3.87. The van der Waals surface area contributed by atoms with E-state index in [9.17, 15) is 0 Å². The number of anilines is 1. The van der Waals surface area contributed by atoms with Gasteiger partial charge in [-0.3, -0.25) is 4.57 Å². The van der Waals surface area contributed by atoms with Gasteiger partial charge in [-0.15, -0.1) is 10.2 Å². The van der Waals surface area contributed by atoms with Gasteiger partial charge in [-0.2, -0.15) is 0 Å². The van der Waals surface area contributed by atoms with Crippen molar-refractivity contribution in [1.82, 2.24) is 14.8 Å². The number of rotatable bonds is 5. The van der Waals surface area contributed by atoms with E-state index in [0.29, 0.717) is 0 Å². The molecule has 2 aromatic carbocycles. The van der Waals surface area contributed by atoms with E-state index in [0.717, 1.165) is 43.1 Å². The van der Waals surface area contributed by atoms with E-state index in [4.69, 9.17) is 4.74 Å². The van der Waals surface area contributed by atoms with Crippen LogP contribution in [0, 0.1) is 6.92 Å². The van der Waals surface area contributed by atoms with Gasteiger partial charge in [0.15, 0.2) is 5.16 Å². The van der Waals surface area contributed by atoms with E-state index in [-0.39, 0.29) is 5.25 Å². The number of thioether (sulfide) groups is 1. The van der Waals surface area contributed by atoms with E-state index in [1.165, 1.54) is 11.1 Å². The molecule has 1 fully saturated rings. The lowest BCUT2D eigenvalue weighted by Gasteiger charge is -2.28. The van der Waals surface area contributed by atoms with E-state index < -0.39 is 0 Å². The molecule has 1 aromatic heterocycles. The van der Waals surface area contributed by atoms with Crippen LogP contribution in [0.25, 0.3) is 5.69 Å². The molecule has 1 atom stereocenters. The molecular weight excluding hydrogens is 356 g/mol. The molecule has 2 heterocycles. The summed E-state index contributed by atoms with van der Waals surface area (Å²) in [6.45, 7) is 7.47. The molecule has 0 N–H and O–H groups in total. The average molecular weight is 381 g/mol. The lowest BCUT2D eigenvalue weighted by atomic mass is 10.2. The van der Waals surface area contributed by atoms with Crippen LogP contribution in [0.2, 0.25) is 0 Å². The van der Waals surface area contributed by atoms with Gasteiger partial charge < -0.3 is 9.64 Å². The van der Waals surface area contributed by atoms with Gasteiger partial charge in [-0.05, 0) is 31.0 Å². The van der Waals surface area contributed by atoms with Crippen LogP contribution in [-0.2, 0) is 4.74 Å². The van der Waals surface area contributed by atoms with Crippen LogP contribution in [0.3, 0.4) is 0 Å². The summed E-state index contributed by atoms with van der Waals surface area (Å²) >= 11 is 1.74. The summed E-state index contributed by atoms with van der Waals surface area (Å²) in [5.41, 5.74) is 3.63. The lowest BCUT2D eigenvalue weighted by molar-refractivity contribution is 0.122. The van der Waals surface area contributed by atoms with Crippen LogP contribution >= 0.6 is 11.8 Å². The fourth-order valence-corrected chi connectivity index (χ4v) is 4.26. The van der Waals surface area contributed by atoms with Gasteiger partial charge >= 0.3 is 0 Å². The van der Waals surface area contributed by atoms with Gasteiger partial charge in [0, 0.05) is 18.3 Å². The number of hydrogen-bond donors (Lipinski definition) is 0. The zero-order valence-corrected chi connectivity index (χ0v) is 16.5. The topological polar surface area (TPSA) is 43.2 Å². The van der Waals surface area contributed by atoms with Crippen molar-refractivity contribution in [2.75, 3.05) is 31.2 Å². The monoisotopic (exact) mass is 380 g/mol. The first-order chi connectivity index (χ1) is 13.2. The van der Waals surface area contributed by atoms with Crippen molar-refractivity contribution in [2.24, 2.45) is 0 Å². The fourth-order valence-electron chi connectivity index (χ4n) is 3.28. The molecule has 0 bridgehead atoms. The summed E-state index contributed by atoms with van der Waals surface area (Å²) in [6.07, 6.45) is 0. The van der Waals surface area contributed by atoms with Crippen LogP contribution in [0.15, 0.2) is 59.8 Å². The molecule has 1 aliphatic rings. The van der Waals surface area contributed by atoms with E-state index in [1.807, 2.05) is 6.07 Å². The highest BCUT2D eigenvalue weighted by Gasteiger charge is 2.23. The van der Waals surface area contributed by atoms with Crippen molar-refractivity contribution in [3.63, 3.8) is 0 Å². The van der Waals surface area contributed by atoms with Crippen LogP contribution in [0.1, 0.15) is 23.3 Å². The number of ether oxygens (including phenoxy) is 1. The molecule has 1 saturated heterocycles. The standard InChI is InChI=1S/C21H24N4OS/c1-16-8-6-7-11-19(16)25-20(24-12-14-26-15-13-24)22-23-21(25)27-17(2)18-9-4-3-5-10-18/h3-11,17H,12-15H2,1-2H3. The van der Waals surface area contributed by atoms with Crippen LogP contribution < -0.4 is 4.90 Å². The van der Waals surface area contributed by atoms with Gasteiger partial charge in [0.25, 0.3) is 0 Å². The molecule has 0 spiro atoms. The smallest absolute Gasteiger partial charge is 0.232 e. The second kappa shape index (κ2) is 8.15. The average Bonchev–Trinajstić information content (AvgIpc) is 3.13. The summed E-state index contributed by atoms with van der Waals surface area (Å²) in [6, 6.07) is 18.9. The normalized spacial score (nSPS) is 15.7. The molecule has 0 saturated carbocycles. The van der Waals surface area contributed by atoms with Gasteiger partial charge in [0.2, 0.25) is 5.95 Å². The second-order valence-corrected chi connectivity index (χ2v) is 7.98. The molecule has 0 radical (unpaired) electrons. The summed E-state index contributed by atoms with van der Waals surface area (Å²) < 4.78 is 7.71. The maximum Gasteiger partial charge on any atom is 0.232 e. The Labute approximate surface area is 164 Å². The Bertz CT molecular complexity index is 890. The predicted molar refractivity (Wildman–Crippen MR) is 110 cm³/mol. The molecule has 0 amide bonds. The Morgan fingerprint density at radius 1 is 0.963 bits per heavy atom. The van der Waals surface area contributed by atoms with Gasteiger partial charge in [0.05, 0.1) is 18.9 Å². The molecular formula is C21H24N4OS. The van der Waals surface area contributed by atoms with Crippen LogP contribution in [-0.4, -0.2) is 41.1 Å². The summed E-state index contributed by atoms with van der Waals surface area (Å²) in [5.74, 6) is 0.898. The third-order valence-electron chi connectivity index (χ3n) is 4.82. The lowest BCUT2D eigenvalue weighted by Crippen LogP contribution is -2.38. The molecule has 4 rings (SSSR count). The Morgan fingerprint density at radius 3 is 2.41 bits per heavy atom. The summed E-state index contributed by atoms with van der Waals surface area (Å²) in [4.78, 5) is 2.26. The fraction of sp³-hybridized carbons (Fsp3) is 0.333. The second-order valence-electron chi connectivity index (χ2n) is 6.67. The highest BCUT2D eigenvalue weighted by atomic mass is 32.2. The highest BCUT2D eigenvalue weighted by Crippen LogP contribution is 2.37. The van der Waals surface area contributed by atoms with Gasteiger partial charge in [-0.25, -0.2) is 0 Å². The maximum absolute atomic E-state index is 5.52. The van der Waals surface area contributed by atoms with Crippen molar-refractivity contribution in [3.8, 4) is 5.69 Å². The van der Waals surface area contributed by atoms with Crippen molar-refractivity contribution in [1.29, 1.82) is 0 Å². The zero-order valence-electron chi connectivity index (χ0n) is 15.7. The number of nitrogens with zero attached hydrogens (tertiary/aromatic N) is 4. The molecule has 6 heteroatoms. The third-order valence-corrected chi connectivity index (χ3v) is 5.92. The van der Waals surface area contributed by atoms with E-state index in [2.05, 4.69) is 82.0 Å². The number of aromatic nitrogens is 3. The quantitative estimate of drug-likeness (QED) is 0.619.